The second-order valence-electron chi connectivity index (χ2n) is 4.06. The summed E-state index contributed by atoms with van der Waals surface area (Å²) < 4.78 is 44.4. The van der Waals surface area contributed by atoms with Gasteiger partial charge in [-0.3, -0.25) is 0 Å². The van der Waals surface area contributed by atoms with Crippen LogP contribution in [0.25, 0.3) is 0 Å². The van der Waals surface area contributed by atoms with Crippen LogP contribution in [0.1, 0.15) is 11.5 Å². The van der Waals surface area contributed by atoms with Gasteiger partial charge >= 0.3 is 0 Å². The summed E-state index contributed by atoms with van der Waals surface area (Å²) in [5, 5.41) is 3.38. The Morgan fingerprint density at radius 3 is 2.75 bits per heavy atom. The van der Waals surface area contributed by atoms with E-state index < -0.39 is 15.8 Å². The number of benzene rings is 1. The van der Waals surface area contributed by atoms with Crippen molar-refractivity contribution in [2.24, 2.45) is 0 Å². The summed E-state index contributed by atoms with van der Waals surface area (Å²) >= 11 is 5.72. The van der Waals surface area contributed by atoms with Crippen molar-refractivity contribution in [1.29, 1.82) is 0 Å². The molecule has 0 saturated heterocycles. The van der Waals surface area contributed by atoms with Gasteiger partial charge in [0.15, 0.2) is 5.76 Å². The van der Waals surface area contributed by atoms with Crippen molar-refractivity contribution in [3.63, 3.8) is 0 Å². The minimum Gasteiger partial charge on any atom is -0.396 e. The summed E-state index contributed by atoms with van der Waals surface area (Å²) in [4.78, 5) is -0.297. The van der Waals surface area contributed by atoms with E-state index in [4.69, 9.17) is 21.9 Å². The fourth-order valence-electron chi connectivity index (χ4n) is 1.49. The third-order valence-corrected chi connectivity index (χ3v) is 4.32. The lowest BCUT2D eigenvalue weighted by Gasteiger charge is -2.08. The van der Waals surface area contributed by atoms with Crippen LogP contribution >= 0.6 is 11.6 Å². The molecule has 0 unspecified atom stereocenters. The Labute approximate surface area is 119 Å². The molecule has 2 aromatic rings. The number of aryl methyl sites for hydroxylation is 1. The first-order valence-corrected chi connectivity index (χ1v) is 7.32. The number of halogens is 2. The van der Waals surface area contributed by atoms with Crippen LogP contribution in [-0.4, -0.2) is 13.6 Å². The predicted molar refractivity (Wildman–Crippen MR) is 71.1 cm³/mol. The van der Waals surface area contributed by atoms with Gasteiger partial charge in [0.1, 0.15) is 10.7 Å². The van der Waals surface area contributed by atoms with Crippen LogP contribution in [0.5, 0.6) is 0 Å². The molecule has 1 aromatic heterocycles. The lowest BCUT2D eigenvalue weighted by Crippen LogP contribution is -2.23. The minimum atomic E-state index is -3.94. The van der Waals surface area contributed by atoms with E-state index in [1.807, 2.05) is 0 Å². The third-order valence-electron chi connectivity index (χ3n) is 2.45. The molecule has 9 heteroatoms. The van der Waals surface area contributed by atoms with Gasteiger partial charge in [-0.15, -0.1) is 0 Å². The summed E-state index contributed by atoms with van der Waals surface area (Å²) in [7, 11) is -3.94. The molecule has 2 rings (SSSR count). The average molecular weight is 320 g/mol. The molecule has 108 valence electrons. The molecule has 0 aliphatic rings. The zero-order chi connectivity index (χ0) is 14.9. The van der Waals surface area contributed by atoms with Crippen molar-refractivity contribution in [3.8, 4) is 0 Å². The van der Waals surface area contributed by atoms with Gasteiger partial charge in [0, 0.05) is 6.07 Å². The van der Waals surface area contributed by atoms with Gasteiger partial charge in [-0.2, -0.15) is 0 Å². The number of nitrogens with zero attached hydrogens (tertiary/aromatic N) is 1. The number of hydrogen-bond acceptors (Lipinski definition) is 5. The number of hydrogen-bond donors (Lipinski definition) is 2. The Morgan fingerprint density at radius 1 is 1.45 bits per heavy atom. The van der Waals surface area contributed by atoms with Crippen LogP contribution in [0.3, 0.4) is 0 Å². The number of sulfonamides is 1. The van der Waals surface area contributed by atoms with Crippen molar-refractivity contribution < 1.29 is 17.3 Å². The number of nitrogens with two attached hydrogens (primary N) is 1. The summed E-state index contributed by atoms with van der Waals surface area (Å²) in [6.07, 6.45) is 0. The molecule has 3 N–H and O–H groups in total. The molecule has 0 amide bonds. The minimum absolute atomic E-state index is 0.100. The Hall–Kier alpha value is -1.64. The van der Waals surface area contributed by atoms with Crippen molar-refractivity contribution in [2.45, 2.75) is 18.4 Å². The van der Waals surface area contributed by atoms with Crippen LogP contribution in [0.2, 0.25) is 5.02 Å². The van der Waals surface area contributed by atoms with Crippen LogP contribution in [0.15, 0.2) is 27.6 Å². The molecule has 0 aliphatic carbocycles. The maximum Gasteiger partial charge on any atom is 0.242 e. The van der Waals surface area contributed by atoms with E-state index in [2.05, 4.69) is 9.88 Å². The number of nitrogen functional groups attached to an aromatic ring is 1. The van der Waals surface area contributed by atoms with Gasteiger partial charge in [0.05, 0.1) is 22.9 Å². The average Bonchev–Trinajstić information content (AvgIpc) is 2.77. The molecule has 0 bridgehead atoms. The largest absolute Gasteiger partial charge is 0.396 e. The van der Waals surface area contributed by atoms with Crippen molar-refractivity contribution in [1.82, 2.24) is 9.88 Å². The Bertz CT molecular complexity index is 745. The molecule has 0 aliphatic heterocycles. The van der Waals surface area contributed by atoms with Gasteiger partial charge in [-0.25, -0.2) is 17.5 Å². The van der Waals surface area contributed by atoms with Crippen molar-refractivity contribution in [2.75, 3.05) is 5.73 Å². The lowest BCUT2D eigenvalue weighted by atomic mass is 10.3. The smallest absolute Gasteiger partial charge is 0.242 e. The lowest BCUT2D eigenvalue weighted by molar-refractivity contribution is 0.377. The van der Waals surface area contributed by atoms with Gasteiger partial charge in [-0.05, 0) is 19.1 Å². The number of rotatable bonds is 4. The van der Waals surface area contributed by atoms with E-state index in [0.717, 1.165) is 12.1 Å². The van der Waals surface area contributed by atoms with E-state index >= 15 is 0 Å². The normalized spacial score (nSPS) is 11.8. The highest BCUT2D eigenvalue weighted by atomic mass is 35.5. The molecule has 1 heterocycles. The van der Waals surface area contributed by atoms with Gasteiger partial charge in [0.2, 0.25) is 10.0 Å². The Kier molecular flexibility index (Phi) is 3.98. The number of nitrogens with one attached hydrogen (secondary N) is 1. The molecule has 0 fully saturated rings. The molecule has 1 aromatic carbocycles. The third kappa shape index (κ3) is 3.09. The summed E-state index contributed by atoms with van der Waals surface area (Å²) in [5.74, 6) is -0.433. The predicted octanol–water partition coefficient (Wildman–Crippen LogP) is 1.84. The fraction of sp³-hybridized carbons (Fsp3) is 0.182. The SMILES string of the molecule is Cc1cc(CNS(=O)(=O)c2cc(N)c(F)cc2Cl)on1. The first-order valence-electron chi connectivity index (χ1n) is 5.46. The van der Waals surface area contributed by atoms with Crippen molar-refractivity contribution >= 4 is 27.3 Å². The maximum absolute atomic E-state index is 13.2. The maximum atomic E-state index is 13.2. The summed E-state index contributed by atoms with van der Waals surface area (Å²) in [5.41, 5.74) is 5.67. The Balaban J connectivity index is 2.24. The van der Waals surface area contributed by atoms with E-state index in [1.165, 1.54) is 0 Å². The fourth-order valence-corrected chi connectivity index (χ4v) is 3.03. The molecule has 0 atom stereocenters. The second-order valence-corrected chi connectivity index (χ2v) is 6.21. The molecule has 0 spiro atoms. The van der Waals surface area contributed by atoms with Gasteiger partial charge in [-0.1, -0.05) is 16.8 Å². The highest BCUT2D eigenvalue weighted by Gasteiger charge is 2.20. The zero-order valence-corrected chi connectivity index (χ0v) is 11.9. The second kappa shape index (κ2) is 5.39. The van der Waals surface area contributed by atoms with Crippen LogP contribution in [-0.2, 0) is 16.6 Å². The monoisotopic (exact) mass is 319 g/mol. The van der Waals surface area contributed by atoms with Crippen LogP contribution in [0.4, 0.5) is 10.1 Å². The molecular weight excluding hydrogens is 309 g/mol. The highest BCUT2D eigenvalue weighted by molar-refractivity contribution is 7.89. The van der Waals surface area contributed by atoms with E-state index in [1.54, 1.807) is 13.0 Å². The molecular formula is C11H11ClFN3O3S. The van der Waals surface area contributed by atoms with E-state index in [0.29, 0.717) is 11.5 Å². The van der Waals surface area contributed by atoms with Crippen LogP contribution < -0.4 is 10.5 Å². The molecule has 20 heavy (non-hydrogen) atoms. The number of aromatic nitrogens is 1. The van der Waals surface area contributed by atoms with E-state index in [-0.39, 0.29) is 22.2 Å². The summed E-state index contributed by atoms with van der Waals surface area (Å²) in [6.45, 7) is 1.61. The molecule has 0 saturated carbocycles. The number of anilines is 1. The topological polar surface area (TPSA) is 98.2 Å². The van der Waals surface area contributed by atoms with Gasteiger partial charge in [0.25, 0.3) is 0 Å². The summed E-state index contributed by atoms with van der Waals surface area (Å²) in [6, 6.07) is 3.40. The Morgan fingerprint density at radius 2 is 2.15 bits per heavy atom. The first-order chi connectivity index (χ1) is 9.29. The van der Waals surface area contributed by atoms with Gasteiger partial charge < -0.3 is 10.3 Å². The molecule has 0 radical (unpaired) electrons. The first kappa shape index (κ1) is 14.8. The quantitative estimate of drug-likeness (QED) is 0.838. The standard InChI is InChI=1S/C11H11ClFN3O3S/c1-6-2-7(19-16-6)5-15-20(17,18)11-4-10(14)9(13)3-8(11)12/h2-4,15H,5,14H2,1H3. The van der Waals surface area contributed by atoms with Crippen LogP contribution in [0, 0.1) is 12.7 Å². The van der Waals surface area contributed by atoms with Crippen molar-refractivity contribution in [3.05, 3.63) is 40.5 Å². The van der Waals surface area contributed by atoms with E-state index in [9.17, 15) is 12.8 Å². The molecule has 6 nitrogen and oxygen atoms in total. The zero-order valence-electron chi connectivity index (χ0n) is 10.4. The highest BCUT2D eigenvalue weighted by Crippen LogP contribution is 2.26.